The molecule has 19 heavy (non-hydrogen) atoms. The number of aliphatic hydroxyl groups excluding tert-OH is 1. The van der Waals surface area contributed by atoms with Gasteiger partial charge in [0.1, 0.15) is 5.69 Å². The summed E-state index contributed by atoms with van der Waals surface area (Å²) in [6, 6.07) is -0.649. The molecule has 0 saturated carbocycles. The number of carbonyl (C=O) groups excluding carboxylic acids is 1. The molecule has 0 aromatic carbocycles. The summed E-state index contributed by atoms with van der Waals surface area (Å²) in [5.74, 6) is -0.493. The van der Waals surface area contributed by atoms with Crippen LogP contribution in [-0.4, -0.2) is 65.2 Å². The Morgan fingerprint density at radius 2 is 2.21 bits per heavy atom. The van der Waals surface area contributed by atoms with Gasteiger partial charge in [-0.2, -0.15) is 4.31 Å². The fourth-order valence-electron chi connectivity index (χ4n) is 1.82. The van der Waals surface area contributed by atoms with Crippen LogP contribution >= 0.6 is 0 Å². The molecule has 104 valence electrons. The van der Waals surface area contributed by atoms with Gasteiger partial charge in [-0.3, -0.25) is 9.78 Å². The van der Waals surface area contributed by atoms with Crippen molar-refractivity contribution >= 4 is 15.9 Å². The third-order valence-electron chi connectivity index (χ3n) is 2.84. The van der Waals surface area contributed by atoms with E-state index in [4.69, 9.17) is 0 Å². The molecule has 8 nitrogen and oxygen atoms in total. The number of hydrogen-bond acceptors (Lipinski definition) is 6. The maximum absolute atomic E-state index is 11.8. The molecule has 1 aliphatic heterocycles. The zero-order valence-electron chi connectivity index (χ0n) is 10.2. The van der Waals surface area contributed by atoms with Gasteiger partial charge < -0.3 is 10.4 Å². The van der Waals surface area contributed by atoms with Crippen molar-refractivity contribution in [3.05, 3.63) is 24.3 Å². The lowest BCUT2D eigenvalue weighted by molar-refractivity contribution is 0.0883. The lowest BCUT2D eigenvalue weighted by Gasteiger charge is -2.15. The topological polar surface area (TPSA) is 112 Å². The highest BCUT2D eigenvalue weighted by atomic mass is 32.2. The van der Waals surface area contributed by atoms with Crippen molar-refractivity contribution in [3.8, 4) is 0 Å². The van der Waals surface area contributed by atoms with Crippen molar-refractivity contribution in [2.24, 2.45) is 0 Å². The lowest BCUT2D eigenvalue weighted by atomic mass is 10.2. The minimum atomic E-state index is -3.37. The van der Waals surface area contributed by atoms with E-state index in [2.05, 4.69) is 15.3 Å². The number of rotatable bonds is 3. The van der Waals surface area contributed by atoms with E-state index in [1.807, 2.05) is 0 Å². The number of sulfonamides is 1. The zero-order valence-corrected chi connectivity index (χ0v) is 11.0. The number of carbonyl (C=O) groups is 1. The van der Waals surface area contributed by atoms with E-state index in [1.165, 1.54) is 18.6 Å². The van der Waals surface area contributed by atoms with Gasteiger partial charge in [-0.25, -0.2) is 13.4 Å². The van der Waals surface area contributed by atoms with Crippen molar-refractivity contribution in [2.45, 2.75) is 12.1 Å². The summed E-state index contributed by atoms with van der Waals surface area (Å²) < 4.78 is 23.8. The third-order valence-corrected chi connectivity index (χ3v) is 4.07. The highest BCUT2D eigenvalue weighted by Crippen LogP contribution is 2.13. The van der Waals surface area contributed by atoms with Crippen LogP contribution in [0.2, 0.25) is 0 Å². The Hall–Kier alpha value is -1.58. The molecule has 0 unspecified atom stereocenters. The fraction of sp³-hybridized carbons (Fsp3) is 0.500. The molecule has 1 aromatic rings. The molecule has 1 amide bonds. The van der Waals surface area contributed by atoms with Crippen molar-refractivity contribution in [3.63, 3.8) is 0 Å². The molecular weight excluding hydrogens is 272 g/mol. The van der Waals surface area contributed by atoms with Crippen molar-refractivity contribution in [1.82, 2.24) is 19.6 Å². The van der Waals surface area contributed by atoms with Gasteiger partial charge in [-0.1, -0.05) is 0 Å². The first kappa shape index (κ1) is 13.8. The van der Waals surface area contributed by atoms with Crippen LogP contribution in [-0.2, 0) is 10.0 Å². The number of aromatic nitrogens is 2. The van der Waals surface area contributed by atoms with Crippen LogP contribution < -0.4 is 5.32 Å². The van der Waals surface area contributed by atoms with Gasteiger partial charge in [0.2, 0.25) is 10.0 Å². The first-order chi connectivity index (χ1) is 8.88. The summed E-state index contributed by atoms with van der Waals surface area (Å²) >= 11 is 0. The van der Waals surface area contributed by atoms with Gasteiger partial charge in [-0.15, -0.1) is 0 Å². The van der Waals surface area contributed by atoms with E-state index in [-0.39, 0.29) is 18.8 Å². The molecule has 0 spiro atoms. The molecule has 0 aliphatic carbocycles. The number of hydrogen-bond donors (Lipinski definition) is 2. The second-order valence-corrected chi connectivity index (χ2v) is 6.30. The van der Waals surface area contributed by atoms with Crippen LogP contribution in [0.4, 0.5) is 0 Å². The maximum atomic E-state index is 11.8. The molecule has 2 atom stereocenters. The predicted molar refractivity (Wildman–Crippen MR) is 65.7 cm³/mol. The van der Waals surface area contributed by atoms with Gasteiger partial charge >= 0.3 is 0 Å². The molecule has 9 heteroatoms. The number of nitrogens with zero attached hydrogens (tertiary/aromatic N) is 3. The quantitative estimate of drug-likeness (QED) is 0.678. The van der Waals surface area contributed by atoms with Crippen LogP contribution in [0.15, 0.2) is 18.6 Å². The minimum absolute atomic E-state index is 0.0236. The number of β-amino-alcohol motifs (C(OH)–C–C–N with tert-alkyl or cyclic N) is 1. The smallest absolute Gasteiger partial charge is 0.271 e. The van der Waals surface area contributed by atoms with Gasteiger partial charge in [-0.05, 0) is 0 Å². The Kier molecular flexibility index (Phi) is 3.78. The van der Waals surface area contributed by atoms with Gasteiger partial charge in [0.05, 0.1) is 24.6 Å². The normalized spacial score (nSPS) is 24.3. The SMILES string of the molecule is CS(=O)(=O)N1C[C@@H](O)[C@H](NC(=O)c2cnccn2)C1. The maximum Gasteiger partial charge on any atom is 0.271 e. The largest absolute Gasteiger partial charge is 0.390 e. The Labute approximate surface area is 110 Å². The Balaban J connectivity index is 2.03. The number of amides is 1. The van der Waals surface area contributed by atoms with Crippen LogP contribution in [0.3, 0.4) is 0 Å². The van der Waals surface area contributed by atoms with Crippen molar-refractivity contribution < 1.29 is 18.3 Å². The first-order valence-corrected chi connectivity index (χ1v) is 7.43. The summed E-state index contributed by atoms with van der Waals surface area (Å²) in [5, 5.41) is 12.3. The molecule has 1 fully saturated rings. The molecule has 2 rings (SSSR count). The van der Waals surface area contributed by atoms with Crippen LogP contribution in [0.25, 0.3) is 0 Å². The average molecular weight is 286 g/mol. The van der Waals surface area contributed by atoms with E-state index in [0.29, 0.717) is 0 Å². The van der Waals surface area contributed by atoms with E-state index >= 15 is 0 Å². The van der Waals surface area contributed by atoms with Crippen molar-refractivity contribution in [1.29, 1.82) is 0 Å². The van der Waals surface area contributed by atoms with E-state index in [1.54, 1.807) is 0 Å². The standard InChI is InChI=1S/C10H14N4O4S/c1-19(17,18)14-5-8(9(15)6-14)13-10(16)7-4-11-2-3-12-7/h2-4,8-9,15H,5-6H2,1H3,(H,13,16)/t8-,9-/m1/s1. The van der Waals surface area contributed by atoms with Crippen LogP contribution in [0.1, 0.15) is 10.5 Å². The van der Waals surface area contributed by atoms with Crippen LogP contribution in [0, 0.1) is 0 Å². The highest BCUT2D eigenvalue weighted by molar-refractivity contribution is 7.88. The fourth-order valence-corrected chi connectivity index (χ4v) is 2.68. The summed E-state index contributed by atoms with van der Waals surface area (Å²) in [5.41, 5.74) is 0.118. The summed E-state index contributed by atoms with van der Waals surface area (Å²) in [4.78, 5) is 19.4. The summed E-state index contributed by atoms with van der Waals surface area (Å²) in [6.07, 6.45) is 4.24. The second-order valence-electron chi connectivity index (χ2n) is 4.32. The average Bonchev–Trinajstić information content (AvgIpc) is 2.72. The van der Waals surface area contributed by atoms with Gasteiger partial charge in [0.25, 0.3) is 5.91 Å². The Bertz CT molecular complexity index is 562. The summed E-state index contributed by atoms with van der Waals surface area (Å²) in [7, 11) is -3.37. The lowest BCUT2D eigenvalue weighted by Crippen LogP contribution is -2.43. The van der Waals surface area contributed by atoms with E-state index < -0.39 is 28.1 Å². The predicted octanol–water partition coefficient (Wildman–Crippen LogP) is -1.79. The summed E-state index contributed by atoms with van der Waals surface area (Å²) in [6.45, 7) is 0.0241. The zero-order chi connectivity index (χ0) is 14.0. The molecule has 0 bridgehead atoms. The molecule has 1 saturated heterocycles. The van der Waals surface area contributed by atoms with Gasteiger partial charge in [0, 0.05) is 25.5 Å². The van der Waals surface area contributed by atoms with E-state index in [9.17, 15) is 18.3 Å². The number of aliphatic hydroxyl groups is 1. The molecule has 1 aromatic heterocycles. The molecule has 1 aliphatic rings. The van der Waals surface area contributed by atoms with Crippen LogP contribution in [0.5, 0.6) is 0 Å². The molecule has 2 heterocycles. The van der Waals surface area contributed by atoms with Crippen molar-refractivity contribution in [2.75, 3.05) is 19.3 Å². The van der Waals surface area contributed by atoms with E-state index in [0.717, 1.165) is 10.6 Å². The monoisotopic (exact) mass is 286 g/mol. The molecule has 0 radical (unpaired) electrons. The Morgan fingerprint density at radius 3 is 2.74 bits per heavy atom. The number of nitrogens with one attached hydrogen (secondary N) is 1. The minimum Gasteiger partial charge on any atom is -0.390 e. The molecular formula is C10H14N4O4S. The van der Waals surface area contributed by atoms with Gasteiger partial charge in [0.15, 0.2) is 0 Å². The Morgan fingerprint density at radius 1 is 1.47 bits per heavy atom. The highest BCUT2D eigenvalue weighted by Gasteiger charge is 2.36. The molecule has 2 N–H and O–H groups in total. The second kappa shape index (κ2) is 5.19. The third kappa shape index (κ3) is 3.25. The first-order valence-electron chi connectivity index (χ1n) is 5.58.